The number of nitrogens with one attached hydrogen (secondary N) is 1. The van der Waals surface area contributed by atoms with Gasteiger partial charge in [-0.2, -0.15) is 0 Å². The van der Waals surface area contributed by atoms with Gasteiger partial charge in [-0.05, 0) is 29.0 Å². The zero-order valence-corrected chi connectivity index (χ0v) is 13.3. The third-order valence-corrected chi connectivity index (χ3v) is 3.74. The zero-order chi connectivity index (χ0) is 16.9. The van der Waals surface area contributed by atoms with Crippen LogP contribution in [0, 0.1) is 0 Å². The number of pyridine rings is 1. The van der Waals surface area contributed by atoms with Crippen LogP contribution >= 0.6 is 11.6 Å². The molecule has 5 nitrogen and oxygen atoms in total. The van der Waals surface area contributed by atoms with Crippen molar-refractivity contribution in [3.63, 3.8) is 0 Å². The second-order valence-electron chi connectivity index (χ2n) is 4.99. The van der Waals surface area contributed by atoms with Crippen LogP contribution in [0.25, 0.3) is 10.8 Å². The summed E-state index contributed by atoms with van der Waals surface area (Å²) in [6, 6.07) is 14.3. The fourth-order valence-electron chi connectivity index (χ4n) is 2.33. The Balaban J connectivity index is 1.75. The van der Waals surface area contributed by atoms with E-state index in [0.717, 1.165) is 17.1 Å². The molecule has 1 aromatic heterocycles. The molecular weight excluding hydrogens is 328 g/mol. The van der Waals surface area contributed by atoms with Crippen LogP contribution in [0.4, 0.5) is 5.69 Å². The second-order valence-corrected chi connectivity index (χ2v) is 5.35. The molecule has 0 atom stereocenters. The molecule has 6 heteroatoms. The number of hydrogen-bond acceptors (Lipinski definition) is 4. The standard InChI is InChI=1S/C18H13ClN2O3/c19-18-15(6-3-9-20-18)21-17(23)11-24-16-8-7-12-4-1-2-5-13(12)14(16)10-22/h1-10H,11H2,(H,21,23). The molecular formula is C18H13ClN2O3. The summed E-state index contributed by atoms with van der Waals surface area (Å²) in [5.41, 5.74) is 0.821. The van der Waals surface area contributed by atoms with Crippen molar-refractivity contribution in [2.24, 2.45) is 0 Å². The normalized spacial score (nSPS) is 10.4. The summed E-state index contributed by atoms with van der Waals surface area (Å²) in [6.07, 6.45) is 2.26. The summed E-state index contributed by atoms with van der Waals surface area (Å²) in [4.78, 5) is 27.3. The van der Waals surface area contributed by atoms with Gasteiger partial charge in [0.25, 0.3) is 5.91 Å². The van der Waals surface area contributed by atoms with Crippen LogP contribution in [0.5, 0.6) is 5.75 Å². The van der Waals surface area contributed by atoms with Crippen molar-refractivity contribution in [1.82, 2.24) is 4.98 Å². The van der Waals surface area contributed by atoms with E-state index in [0.29, 0.717) is 17.0 Å². The third-order valence-electron chi connectivity index (χ3n) is 3.44. The number of fused-ring (bicyclic) bond motifs is 1. The Kier molecular flexibility index (Phi) is 4.72. The van der Waals surface area contributed by atoms with Gasteiger partial charge in [-0.25, -0.2) is 4.98 Å². The van der Waals surface area contributed by atoms with E-state index in [1.807, 2.05) is 30.3 Å². The maximum Gasteiger partial charge on any atom is 0.262 e. The lowest BCUT2D eigenvalue weighted by Gasteiger charge is -2.11. The highest BCUT2D eigenvalue weighted by molar-refractivity contribution is 6.32. The molecule has 0 saturated carbocycles. The number of hydrogen-bond donors (Lipinski definition) is 1. The van der Waals surface area contributed by atoms with Crippen molar-refractivity contribution in [3.8, 4) is 5.75 Å². The van der Waals surface area contributed by atoms with Crippen molar-refractivity contribution in [2.45, 2.75) is 0 Å². The minimum absolute atomic E-state index is 0.199. The maximum atomic E-state index is 12.0. The Labute approximate surface area is 143 Å². The van der Waals surface area contributed by atoms with Gasteiger partial charge in [0.2, 0.25) is 0 Å². The highest BCUT2D eigenvalue weighted by Gasteiger charge is 2.11. The molecule has 24 heavy (non-hydrogen) atoms. The molecule has 1 heterocycles. The van der Waals surface area contributed by atoms with Crippen LogP contribution in [-0.2, 0) is 4.79 Å². The number of aldehydes is 1. The molecule has 3 aromatic rings. The average Bonchev–Trinajstić information content (AvgIpc) is 2.61. The lowest BCUT2D eigenvalue weighted by Crippen LogP contribution is -2.20. The van der Waals surface area contributed by atoms with Gasteiger partial charge in [0.05, 0.1) is 11.3 Å². The molecule has 0 unspecified atom stereocenters. The van der Waals surface area contributed by atoms with Gasteiger partial charge in [-0.15, -0.1) is 0 Å². The van der Waals surface area contributed by atoms with E-state index in [4.69, 9.17) is 16.3 Å². The largest absolute Gasteiger partial charge is 0.483 e. The minimum Gasteiger partial charge on any atom is -0.483 e. The van der Waals surface area contributed by atoms with Gasteiger partial charge in [0.1, 0.15) is 5.75 Å². The van der Waals surface area contributed by atoms with Gasteiger partial charge in [0.15, 0.2) is 18.0 Å². The van der Waals surface area contributed by atoms with Crippen LogP contribution in [0.3, 0.4) is 0 Å². The van der Waals surface area contributed by atoms with E-state index in [1.54, 1.807) is 18.2 Å². The topological polar surface area (TPSA) is 68.3 Å². The van der Waals surface area contributed by atoms with Crippen LogP contribution < -0.4 is 10.1 Å². The fourth-order valence-corrected chi connectivity index (χ4v) is 2.50. The number of nitrogens with zero attached hydrogens (tertiary/aromatic N) is 1. The maximum absolute atomic E-state index is 12.0. The Hall–Kier alpha value is -2.92. The number of aromatic nitrogens is 1. The molecule has 0 aliphatic rings. The molecule has 0 spiro atoms. The van der Waals surface area contributed by atoms with Crippen molar-refractivity contribution in [2.75, 3.05) is 11.9 Å². The number of ether oxygens (including phenoxy) is 1. The quantitative estimate of drug-likeness (QED) is 0.567. The summed E-state index contributed by atoms with van der Waals surface area (Å²) >= 11 is 5.89. The van der Waals surface area contributed by atoms with Crippen molar-refractivity contribution in [1.29, 1.82) is 0 Å². The zero-order valence-electron chi connectivity index (χ0n) is 12.5. The van der Waals surface area contributed by atoms with E-state index in [1.165, 1.54) is 6.20 Å². The highest BCUT2D eigenvalue weighted by Crippen LogP contribution is 2.26. The van der Waals surface area contributed by atoms with Crippen LogP contribution in [0.1, 0.15) is 10.4 Å². The molecule has 2 aromatic carbocycles. The fraction of sp³-hybridized carbons (Fsp3) is 0.0556. The Morgan fingerprint density at radius 3 is 2.79 bits per heavy atom. The number of carbonyl (C=O) groups is 2. The lowest BCUT2D eigenvalue weighted by molar-refractivity contribution is -0.118. The molecule has 0 bridgehead atoms. The first-order valence-electron chi connectivity index (χ1n) is 7.19. The second kappa shape index (κ2) is 7.10. The van der Waals surface area contributed by atoms with Crippen LogP contribution in [0.2, 0.25) is 5.15 Å². The average molecular weight is 341 g/mol. The van der Waals surface area contributed by atoms with E-state index in [9.17, 15) is 9.59 Å². The van der Waals surface area contributed by atoms with E-state index < -0.39 is 5.91 Å². The number of anilines is 1. The van der Waals surface area contributed by atoms with Crippen LogP contribution in [0.15, 0.2) is 54.7 Å². The summed E-state index contributed by atoms with van der Waals surface area (Å²) in [7, 11) is 0. The van der Waals surface area contributed by atoms with Gasteiger partial charge < -0.3 is 10.1 Å². The van der Waals surface area contributed by atoms with Gasteiger partial charge >= 0.3 is 0 Å². The number of amides is 1. The summed E-state index contributed by atoms with van der Waals surface area (Å²) in [6.45, 7) is -0.246. The van der Waals surface area contributed by atoms with Crippen molar-refractivity contribution >= 4 is 40.3 Å². The highest BCUT2D eigenvalue weighted by atomic mass is 35.5. The molecule has 0 radical (unpaired) electrons. The van der Waals surface area contributed by atoms with Gasteiger partial charge in [-0.1, -0.05) is 41.9 Å². The molecule has 0 aliphatic heterocycles. The minimum atomic E-state index is -0.394. The molecule has 0 saturated heterocycles. The van der Waals surface area contributed by atoms with E-state index >= 15 is 0 Å². The molecule has 120 valence electrons. The SMILES string of the molecule is O=Cc1c(OCC(=O)Nc2cccnc2Cl)ccc2ccccc12. The van der Waals surface area contributed by atoms with Crippen molar-refractivity contribution in [3.05, 3.63) is 65.4 Å². The molecule has 1 amide bonds. The molecule has 0 fully saturated rings. The Morgan fingerprint density at radius 1 is 1.17 bits per heavy atom. The number of carbonyl (C=O) groups excluding carboxylic acids is 2. The molecule has 3 rings (SSSR count). The first-order chi connectivity index (χ1) is 11.7. The predicted molar refractivity (Wildman–Crippen MR) is 92.7 cm³/mol. The number of benzene rings is 2. The monoisotopic (exact) mass is 340 g/mol. The summed E-state index contributed by atoms with van der Waals surface area (Å²) < 4.78 is 5.50. The van der Waals surface area contributed by atoms with Gasteiger partial charge in [0, 0.05) is 6.20 Å². The first-order valence-corrected chi connectivity index (χ1v) is 7.57. The first kappa shape index (κ1) is 16.0. The van der Waals surface area contributed by atoms with Crippen LogP contribution in [-0.4, -0.2) is 23.8 Å². The molecule has 0 aliphatic carbocycles. The summed E-state index contributed by atoms with van der Waals surface area (Å²) in [5.74, 6) is -0.0361. The summed E-state index contributed by atoms with van der Waals surface area (Å²) in [5, 5.41) is 4.52. The van der Waals surface area contributed by atoms with E-state index in [2.05, 4.69) is 10.3 Å². The van der Waals surface area contributed by atoms with Crippen molar-refractivity contribution < 1.29 is 14.3 Å². The van der Waals surface area contributed by atoms with E-state index in [-0.39, 0.29) is 11.8 Å². The predicted octanol–water partition coefficient (Wildman–Crippen LogP) is 3.72. The Morgan fingerprint density at radius 2 is 2.00 bits per heavy atom. The molecule has 1 N–H and O–H groups in total. The number of rotatable bonds is 5. The lowest BCUT2D eigenvalue weighted by atomic mass is 10.0. The third kappa shape index (κ3) is 3.36. The van der Waals surface area contributed by atoms with Gasteiger partial charge in [-0.3, -0.25) is 9.59 Å². The number of halogens is 1. The Bertz CT molecular complexity index is 912. The smallest absolute Gasteiger partial charge is 0.262 e.